The van der Waals surface area contributed by atoms with E-state index in [2.05, 4.69) is 0 Å². The van der Waals surface area contributed by atoms with Gasteiger partial charge in [0.1, 0.15) is 12.1 Å². The highest BCUT2D eigenvalue weighted by atomic mass is 32.1. The molecule has 0 aromatic carbocycles. The minimum absolute atomic E-state index is 0.0227. The summed E-state index contributed by atoms with van der Waals surface area (Å²) in [7, 11) is 0. The number of aliphatic hydroxyl groups is 1. The summed E-state index contributed by atoms with van der Waals surface area (Å²) >= 11 is 1.35. The molecule has 1 amide bonds. The van der Waals surface area contributed by atoms with E-state index < -0.39 is 30.1 Å². The predicted molar refractivity (Wildman–Crippen MR) is 65.0 cm³/mol. The van der Waals surface area contributed by atoms with Crippen LogP contribution in [0.3, 0.4) is 0 Å². The Hall–Kier alpha value is -1.44. The maximum atomic E-state index is 12.1. The van der Waals surface area contributed by atoms with Crippen LogP contribution < -0.4 is 5.73 Å². The van der Waals surface area contributed by atoms with Crippen molar-refractivity contribution in [3.05, 3.63) is 22.4 Å². The van der Waals surface area contributed by atoms with Gasteiger partial charge in [0.2, 0.25) is 5.91 Å². The van der Waals surface area contributed by atoms with E-state index in [0.717, 1.165) is 4.90 Å². The summed E-state index contributed by atoms with van der Waals surface area (Å²) in [4.78, 5) is 25.0. The number of aliphatic carboxylic acids is 1. The average molecular weight is 270 g/mol. The van der Waals surface area contributed by atoms with Crippen molar-refractivity contribution < 1.29 is 19.8 Å². The number of nitrogens with two attached hydrogens (primary N) is 1. The molecule has 0 saturated carbocycles. The maximum Gasteiger partial charge on any atom is 0.326 e. The number of thiophene rings is 1. The molecular formula is C11H14N2O4S. The SMILES string of the molecule is NC(C(=O)N1C[C@@H](O)C[C@H]1C(=O)O)c1cccs1. The van der Waals surface area contributed by atoms with Crippen LogP contribution in [0, 0.1) is 0 Å². The molecule has 6 nitrogen and oxygen atoms in total. The molecule has 0 radical (unpaired) electrons. The molecule has 1 aliphatic rings. The van der Waals surface area contributed by atoms with Crippen molar-refractivity contribution in [2.75, 3.05) is 6.54 Å². The van der Waals surface area contributed by atoms with E-state index >= 15 is 0 Å². The van der Waals surface area contributed by atoms with Gasteiger partial charge in [-0.15, -0.1) is 11.3 Å². The first-order chi connectivity index (χ1) is 8.50. The van der Waals surface area contributed by atoms with Gasteiger partial charge in [-0.1, -0.05) is 6.07 Å². The van der Waals surface area contributed by atoms with Crippen LogP contribution in [-0.2, 0) is 9.59 Å². The number of aliphatic hydroxyl groups excluding tert-OH is 1. The lowest BCUT2D eigenvalue weighted by atomic mass is 10.2. The second kappa shape index (κ2) is 5.05. The Morgan fingerprint density at radius 2 is 2.28 bits per heavy atom. The zero-order chi connectivity index (χ0) is 13.3. The highest BCUT2D eigenvalue weighted by Crippen LogP contribution is 2.24. The van der Waals surface area contributed by atoms with Gasteiger partial charge >= 0.3 is 5.97 Å². The molecule has 0 spiro atoms. The predicted octanol–water partition coefficient (Wildman–Crippen LogP) is -0.206. The normalized spacial score (nSPS) is 25.1. The molecule has 0 aliphatic carbocycles. The Balaban J connectivity index is 2.15. The van der Waals surface area contributed by atoms with E-state index in [0.29, 0.717) is 4.88 Å². The first-order valence-corrected chi connectivity index (χ1v) is 6.39. The van der Waals surface area contributed by atoms with Crippen molar-refractivity contribution in [2.24, 2.45) is 5.73 Å². The summed E-state index contributed by atoms with van der Waals surface area (Å²) < 4.78 is 0. The Morgan fingerprint density at radius 3 is 2.83 bits per heavy atom. The lowest BCUT2D eigenvalue weighted by Gasteiger charge is -2.24. The fourth-order valence-electron chi connectivity index (χ4n) is 2.06. The fraction of sp³-hybridized carbons (Fsp3) is 0.455. The van der Waals surface area contributed by atoms with Gasteiger partial charge in [0, 0.05) is 17.8 Å². The summed E-state index contributed by atoms with van der Waals surface area (Å²) in [5, 5.41) is 20.3. The number of carbonyl (C=O) groups is 2. The van der Waals surface area contributed by atoms with E-state index in [1.54, 1.807) is 17.5 Å². The average Bonchev–Trinajstić information content (AvgIpc) is 2.95. The van der Waals surface area contributed by atoms with Gasteiger partial charge in [-0.2, -0.15) is 0 Å². The largest absolute Gasteiger partial charge is 0.480 e. The maximum absolute atomic E-state index is 12.1. The molecule has 1 aliphatic heterocycles. The van der Waals surface area contributed by atoms with Crippen LogP contribution in [-0.4, -0.2) is 45.7 Å². The fourth-order valence-corrected chi connectivity index (χ4v) is 2.78. The summed E-state index contributed by atoms with van der Waals surface area (Å²) in [6.45, 7) is 0.0227. The minimum Gasteiger partial charge on any atom is -0.480 e. The Morgan fingerprint density at radius 1 is 1.56 bits per heavy atom. The number of carbonyl (C=O) groups excluding carboxylic acids is 1. The molecule has 18 heavy (non-hydrogen) atoms. The monoisotopic (exact) mass is 270 g/mol. The molecule has 1 saturated heterocycles. The third-order valence-corrected chi connectivity index (χ3v) is 3.92. The number of hydrogen-bond acceptors (Lipinski definition) is 5. The van der Waals surface area contributed by atoms with E-state index in [4.69, 9.17) is 10.8 Å². The molecule has 1 fully saturated rings. The quantitative estimate of drug-likeness (QED) is 0.705. The molecule has 0 bridgehead atoms. The van der Waals surface area contributed by atoms with E-state index in [-0.39, 0.29) is 13.0 Å². The smallest absolute Gasteiger partial charge is 0.326 e. The number of β-amino-alcohol motifs (C(OH)–C–C–N with tert-alkyl or cyclic N) is 1. The second-order valence-electron chi connectivity index (χ2n) is 4.23. The van der Waals surface area contributed by atoms with Gasteiger partial charge in [0.25, 0.3) is 0 Å². The summed E-state index contributed by atoms with van der Waals surface area (Å²) in [5.41, 5.74) is 5.82. The van der Waals surface area contributed by atoms with E-state index in [9.17, 15) is 14.7 Å². The molecule has 4 N–H and O–H groups in total. The summed E-state index contributed by atoms with van der Waals surface area (Å²) in [5.74, 6) is -1.57. The van der Waals surface area contributed by atoms with Crippen LogP contribution in [0.1, 0.15) is 17.3 Å². The van der Waals surface area contributed by atoms with Gasteiger partial charge in [-0.3, -0.25) is 4.79 Å². The Labute approximate surface area is 108 Å². The molecular weight excluding hydrogens is 256 g/mol. The van der Waals surface area contributed by atoms with Crippen LogP contribution in [0.15, 0.2) is 17.5 Å². The number of carboxylic acid groups (broad SMARTS) is 1. The zero-order valence-electron chi connectivity index (χ0n) is 9.52. The van der Waals surface area contributed by atoms with Crippen molar-refractivity contribution in [1.29, 1.82) is 0 Å². The number of likely N-dealkylation sites (tertiary alicyclic amines) is 1. The standard InChI is InChI=1S/C11H14N2O4S/c12-9(8-2-1-3-18-8)10(15)13-5-6(14)4-7(13)11(16)17/h1-3,6-7,9,14H,4-5,12H2,(H,16,17)/t6-,7-,9?/m0/s1. The Kier molecular flexibility index (Phi) is 3.65. The van der Waals surface area contributed by atoms with E-state index in [1.807, 2.05) is 0 Å². The van der Waals surface area contributed by atoms with Crippen LogP contribution in [0.5, 0.6) is 0 Å². The van der Waals surface area contributed by atoms with Gasteiger partial charge in [-0.25, -0.2) is 4.79 Å². The number of hydrogen-bond donors (Lipinski definition) is 3. The molecule has 98 valence electrons. The third-order valence-electron chi connectivity index (χ3n) is 2.96. The minimum atomic E-state index is -1.11. The van der Waals surface area contributed by atoms with Crippen molar-refractivity contribution in [3.63, 3.8) is 0 Å². The highest BCUT2D eigenvalue weighted by Gasteiger charge is 2.40. The first-order valence-electron chi connectivity index (χ1n) is 5.51. The number of nitrogens with zero attached hydrogens (tertiary/aromatic N) is 1. The van der Waals surface area contributed by atoms with Crippen LogP contribution in [0.25, 0.3) is 0 Å². The van der Waals surface area contributed by atoms with Crippen molar-refractivity contribution in [2.45, 2.75) is 24.6 Å². The number of carboxylic acids is 1. The third kappa shape index (κ3) is 2.38. The second-order valence-corrected chi connectivity index (χ2v) is 5.21. The van der Waals surface area contributed by atoms with Crippen molar-refractivity contribution in [1.82, 2.24) is 4.90 Å². The van der Waals surface area contributed by atoms with Crippen LogP contribution in [0.4, 0.5) is 0 Å². The molecule has 1 unspecified atom stereocenters. The molecule has 2 heterocycles. The van der Waals surface area contributed by atoms with E-state index in [1.165, 1.54) is 11.3 Å². The van der Waals surface area contributed by atoms with Crippen LogP contribution >= 0.6 is 11.3 Å². The van der Waals surface area contributed by atoms with Gasteiger partial charge in [-0.05, 0) is 11.4 Å². The topological polar surface area (TPSA) is 104 Å². The van der Waals surface area contributed by atoms with Gasteiger partial charge in [0.15, 0.2) is 0 Å². The molecule has 3 atom stereocenters. The van der Waals surface area contributed by atoms with Crippen LogP contribution in [0.2, 0.25) is 0 Å². The van der Waals surface area contributed by atoms with Gasteiger partial charge < -0.3 is 20.8 Å². The lowest BCUT2D eigenvalue weighted by Crippen LogP contribution is -2.44. The number of rotatable bonds is 3. The highest BCUT2D eigenvalue weighted by molar-refractivity contribution is 7.10. The lowest BCUT2D eigenvalue weighted by molar-refractivity contribution is -0.148. The number of amides is 1. The molecule has 1 aromatic heterocycles. The molecule has 1 aromatic rings. The van der Waals surface area contributed by atoms with Crippen molar-refractivity contribution >= 4 is 23.2 Å². The van der Waals surface area contributed by atoms with Crippen molar-refractivity contribution in [3.8, 4) is 0 Å². The zero-order valence-corrected chi connectivity index (χ0v) is 10.3. The van der Waals surface area contributed by atoms with Gasteiger partial charge in [0.05, 0.1) is 6.10 Å². The first kappa shape index (κ1) is 13.0. The summed E-state index contributed by atoms with van der Waals surface area (Å²) in [6.07, 6.45) is -0.747. The summed E-state index contributed by atoms with van der Waals surface area (Å²) in [6, 6.07) is 1.66. The Bertz CT molecular complexity index is 448. The molecule has 2 rings (SSSR count). The molecule has 7 heteroatoms.